The summed E-state index contributed by atoms with van der Waals surface area (Å²) in [7, 11) is 3.94. The first-order chi connectivity index (χ1) is 15.9. The highest BCUT2D eigenvalue weighted by atomic mass is 35.5. The van der Waals surface area contributed by atoms with Crippen molar-refractivity contribution in [2.24, 2.45) is 5.92 Å². The minimum absolute atomic E-state index is 0.0619. The highest BCUT2D eigenvalue weighted by Gasteiger charge is 2.29. The minimum Gasteiger partial charge on any atom is -0.377 e. The zero-order valence-electron chi connectivity index (χ0n) is 18.9. The molecule has 5 nitrogen and oxygen atoms in total. The number of amides is 2. The number of halogens is 1. The molecular formula is C27H28ClN3O2. The largest absolute Gasteiger partial charge is 0.377 e. The summed E-state index contributed by atoms with van der Waals surface area (Å²) in [5, 5.41) is 3.45. The molecule has 1 fully saturated rings. The Labute approximate surface area is 200 Å². The highest BCUT2D eigenvalue weighted by molar-refractivity contribution is 6.33. The second kappa shape index (κ2) is 10.1. The molecule has 33 heavy (non-hydrogen) atoms. The van der Waals surface area contributed by atoms with E-state index in [4.69, 9.17) is 11.6 Å². The van der Waals surface area contributed by atoms with Crippen LogP contribution in [0.25, 0.3) is 0 Å². The molecule has 2 amide bonds. The van der Waals surface area contributed by atoms with Gasteiger partial charge in [-0.15, -0.1) is 0 Å². The van der Waals surface area contributed by atoms with Crippen LogP contribution in [-0.4, -0.2) is 30.8 Å². The van der Waals surface area contributed by atoms with Crippen molar-refractivity contribution in [1.29, 1.82) is 0 Å². The van der Waals surface area contributed by atoms with Crippen LogP contribution in [-0.2, 0) is 17.9 Å². The van der Waals surface area contributed by atoms with Crippen LogP contribution in [0.3, 0.4) is 0 Å². The van der Waals surface area contributed by atoms with Gasteiger partial charge in [0.15, 0.2) is 0 Å². The van der Waals surface area contributed by atoms with Gasteiger partial charge in [-0.2, -0.15) is 0 Å². The van der Waals surface area contributed by atoms with Gasteiger partial charge in [-0.1, -0.05) is 54.1 Å². The van der Waals surface area contributed by atoms with Gasteiger partial charge in [-0.25, -0.2) is 0 Å². The molecule has 3 aromatic rings. The van der Waals surface area contributed by atoms with E-state index in [-0.39, 0.29) is 17.7 Å². The van der Waals surface area contributed by atoms with E-state index in [1.165, 1.54) is 0 Å². The molecule has 3 aromatic carbocycles. The fourth-order valence-corrected chi connectivity index (χ4v) is 4.05. The first-order valence-electron chi connectivity index (χ1n) is 11.1. The van der Waals surface area contributed by atoms with Gasteiger partial charge in [0.25, 0.3) is 5.91 Å². The van der Waals surface area contributed by atoms with Crippen molar-refractivity contribution in [3.63, 3.8) is 0 Å². The maximum absolute atomic E-state index is 13.6. The quantitative estimate of drug-likeness (QED) is 0.475. The summed E-state index contributed by atoms with van der Waals surface area (Å²) in [6, 6.07) is 22.9. The smallest absolute Gasteiger partial charge is 0.255 e. The summed E-state index contributed by atoms with van der Waals surface area (Å²) in [6.07, 6.45) is 1.90. The predicted octanol–water partition coefficient (Wildman–Crippen LogP) is 5.60. The van der Waals surface area contributed by atoms with E-state index in [0.29, 0.717) is 23.7 Å². The van der Waals surface area contributed by atoms with E-state index in [0.717, 1.165) is 35.3 Å². The van der Waals surface area contributed by atoms with Crippen LogP contribution in [0.4, 0.5) is 11.4 Å². The van der Waals surface area contributed by atoms with E-state index in [2.05, 4.69) is 5.32 Å². The molecule has 0 saturated heterocycles. The van der Waals surface area contributed by atoms with Gasteiger partial charge >= 0.3 is 0 Å². The molecule has 0 unspecified atom stereocenters. The molecule has 170 valence electrons. The fourth-order valence-electron chi connectivity index (χ4n) is 3.83. The number of rotatable bonds is 8. The topological polar surface area (TPSA) is 52.7 Å². The molecule has 0 aromatic heterocycles. The number of nitrogens with zero attached hydrogens (tertiary/aromatic N) is 2. The lowest BCUT2D eigenvalue weighted by atomic mass is 10.1. The number of carbonyl (C=O) groups is 2. The van der Waals surface area contributed by atoms with Crippen LogP contribution in [0, 0.1) is 5.92 Å². The van der Waals surface area contributed by atoms with Crippen molar-refractivity contribution in [2.75, 3.05) is 24.3 Å². The van der Waals surface area contributed by atoms with Gasteiger partial charge < -0.3 is 15.1 Å². The van der Waals surface area contributed by atoms with Gasteiger partial charge in [0.2, 0.25) is 5.91 Å². The van der Waals surface area contributed by atoms with Crippen LogP contribution in [0.5, 0.6) is 0 Å². The van der Waals surface area contributed by atoms with E-state index < -0.39 is 0 Å². The second-order valence-corrected chi connectivity index (χ2v) is 9.04. The summed E-state index contributed by atoms with van der Waals surface area (Å²) >= 11 is 6.37. The van der Waals surface area contributed by atoms with Crippen molar-refractivity contribution in [3.05, 3.63) is 94.5 Å². The number of anilines is 2. The Morgan fingerprint density at radius 2 is 1.64 bits per heavy atom. The maximum atomic E-state index is 13.6. The first kappa shape index (κ1) is 22.9. The van der Waals surface area contributed by atoms with Crippen molar-refractivity contribution < 1.29 is 9.59 Å². The molecular weight excluding hydrogens is 434 g/mol. The first-order valence-corrected chi connectivity index (χ1v) is 11.5. The Bertz CT molecular complexity index is 1140. The molecule has 0 radical (unpaired) electrons. The molecule has 0 heterocycles. The average Bonchev–Trinajstić information content (AvgIpc) is 3.65. The molecule has 0 spiro atoms. The third-order valence-corrected chi connectivity index (χ3v) is 6.08. The number of nitrogens with one attached hydrogen (secondary N) is 1. The van der Waals surface area contributed by atoms with Crippen molar-refractivity contribution >= 4 is 34.8 Å². The van der Waals surface area contributed by atoms with Crippen LogP contribution < -0.4 is 10.2 Å². The number of benzene rings is 3. The number of hydrogen-bond donors (Lipinski definition) is 1. The normalized spacial score (nSPS) is 12.8. The standard InChI is InChI=1S/C27H28ClN3O2/c1-30(2)25-15-14-22(29-26(32)20-12-13-20)16-21(25)18-31(17-19-8-4-3-5-9-19)27(33)23-10-6-7-11-24(23)28/h3-11,14-16,20H,12-13,17-18H2,1-2H3,(H,29,32). The number of hydrogen-bond acceptors (Lipinski definition) is 3. The van der Waals surface area contributed by atoms with E-state index in [1.54, 1.807) is 17.0 Å². The zero-order valence-corrected chi connectivity index (χ0v) is 19.7. The molecule has 1 aliphatic rings. The van der Waals surface area contributed by atoms with E-state index in [9.17, 15) is 9.59 Å². The molecule has 6 heteroatoms. The average molecular weight is 462 g/mol. The van der Waals surface area contributed by atoms with E-state index >= 15 is 0 Å². The molecule has 1 saturated carbocycles. The SMILES string of the molecule is CN(C)c1ccc(NC(=O)C2CC2)cc1CN(Cc1ccccc1)C(=O)c1ccccc1Cl. The Morgan fingerprint density at radius 1 is 0.939 bits per heavy atom. The predicted molar refractivity (Wildman–Crippen MR) is 134 cm³/mol. The van der Waals surface area contributed by atoms with Gasteiger partial charge in [0.1, 0.15) is 0 Å². The van der Waals surface area contributed by atoms with Crippen LogP contribution in [0.15, 0.2) is 72.8 Å². The monoisotopic (exact) mass is 461 g/mol. The van der Waals surface area contributed by atoms with Crippen LogP contribution >= 0.6 is 11.6 Å². The Morgan fingerprint density at radius 3 is 2.30 bits per heavy atom. The Kier molecular flexibility index (Phi) is 6.99. The minimum atomic E-state index is -0.137. The summed E-state index contributed by atoms with van der Waals surface area (Å²) < 4.78 is 0. The van der Waals surface area contributed by atoms with Crippen molar-refractivity contribution in [1.82, 2.24) is 4.90 Å². The Balaban J connectivity index is 1.67. The van der Waals surface area contributed by atoms with Gasteiger partial charge in [0, 0.05) is 44.5 Å². The lowest BCUT2D eigenvalue weighted by Crippen LogP contribution is -2.31. The summed E-state index contributed by atoms with van der Waals surface area (Å²) in [4.78, 5) is 29.7. The molecule has 0 bridgehead atoms. The van der Waals surface area contributed by atoms with Gasteiger partial charge in [-0.05, 0) is 54.3 Å². The molecule has 0 atom stereocenters. The van der Waals surface area contributed by atoms with Crippen molar-refractivity contribution in [2.45, 2.75) is 25.9 Å². The van der Waals surface area contributed by atoms with E-state index in [1.807, 2.05) is 79.7 Å². The summed E-state index contributed by atoms with van der Waals surface area (Å²) in [5.41, 5.74) is 4.19. The third-order valence-electron chi connectivity index (χ3n) is 5.75. The zero-order chi connectivity index (χ0) is 23.4. The van der Waals surface area contributed by atoms with Crippen LogP contribution in [0.1, 0.15) is 34.3 Å². The lowest BCUT2D eigenvalue weighted by Gasteiger charge is -2.27. The molecule has 0 aliphatic heterocycles. The van der Waals surface area contributed by atoms with Crippen molar-refractivity contribution in [3.8, 4) is 0 Å². The lowest BCUT2D eigenvalue weighted by molar-refractivity contribution is -0.117. The van der Waals surface area contributed by atoms with Crippen LogP contribution in [0.2, 0.25) is 5.02 Å². The molecule has 4 rings (SSSR count). The summed E-state index contributed by atoms with van der Waals surface area (Å²) in [6.45, 7) is 0.816. The molecule has 1 aliphatic carbocycles. The van der Waals surface area contributed by atoms with Gasteiger partial charge in [-0.3, -0.25) is 9.59 Å². The van der Waals surface area contributed by atoms with Gasteiger partial charge in [0.05, 0.1) is 10.6 Å². The fraction of sp³-hybridized carbons (Fsp3) is 0.259. The molecule has 1 N–H and O–H groups in total. The number of carbonyl (C=O) groups excluding carboxylic acids is 2. The summed E-state index contributed by atoms with van der Waals surface area (Å²) in [5.74, 6) is 0.0479. The second-order valence-electron chi connectivity index (χ2n) is 8.63. The Hall–Kier alpha value is -3.31. The highest BCUT2D eigenvalue weighted by Crippen LogP contribution is 2.31. The third kappa shape index (κ3) is 5.74. The maximum Gasteiger partial charge on any atom is 0.255 e.